The van der Waals surface area contributed by atoms with Crippen LogP contribution in [-0.4, -0.2) is 34.6 Å². The fourth-order valence-electron chi connectivity index (χ4n) is 2.77. The van der Waals surface area contributed by atoms with Crippen molar-refractivity contribution in [3.05, 3.63) is 0 Å². The summed E-state index contributed by atoms with van der Waals surface area (Å²) in [5.41, 5.74) is -0.169. The number of amides is 1. The van der Waals surface area contributed by atoms with Gasteiger partial charge in [0.25, 0.3) is 0 Å². The van der Waals surface area contributed by atoms with E-state index in [1.54, 1.807) is 6.92 Å². The van der Waals surface area contributed by atoms with Crippen molar-refractivity contribution in [1.29, 1.82) is 0 Å². The maximum absolute atomic E-state index is 10.9. The SMILES string of the molecule is CC(=O)N1CC2(C1)CC(C)(O)C2. The Morgan fingerprint density at radius 1 is 1.42 bits per heavy atom. The van der Waals surface area contributed by atoms with Crippen molar-refractivity contribution in [3.8, 4) is 0 Å². The smallest absolute Gasteiger partial charge is 0.219 e. The monoisotopic (exact) mass is 169 g/mol. The molecule has 2 aliphatic rings. The van der Waals surface area contributed by atoms with Crippen molar-refractivity contribution in [1.82, 2.24) is 4.90 Å². The van der Waals surface area contributed by atoms with Gasteiger partial charge in [-0.2, -0.15) is 0 Å². The molecular weight excluding hydrogens is 154 g/mol. The van der Waals surface area contributed by atoms with E-state index in [9.17, 15) is 9.90 Å². The zero-order valence-electron chi connectivity index (χ0n) is 7.63. The summed E-state index contributed by atoms with van der Waals surface area (Å²) in [6.07, 6.45) is 1.73. The lowest BCUT2D eigenvalue weighted by atomic mass is 9.56. The highest BCUT2D eigenvalue weighted by atomic mass is 16.3. The van der Waals surface area contributed by atoms with Crippen molar-refractivity contribution in [2.45, 2.75) is 32.3 Å². The molecule has 1 spiro atoms. The summed E-state index contributed by atoms with van der Waals surface area (Å²) in [6, 6.07) is 0. The highest BCUT2D eigenvalue weighted by Crippen LogP contribution is 2.53. The van der Waals surface area contributed by atoms with Gasteiger partial charge in [0.2, 0.25) is 5.91 Å². The van der Waals surface area contributed by atoms with E-state index in [1.165, 1.54) is 0 Å². The first-order chi connectivity index (χ1) is 5.43. The summed E-state index contributed by atoms with van der Waals surface area (Å²) in [6.45, 7) is 5.19. The summed E-state index contributed by atoms with van der Waals surface area (Å²) < 4.78 is 0. The Hall–Kier alpha value is -0.570. The molecule has 1 saturated heterocycles. The predicted molar refractivity (Wildman–Crippen MR) is 44.5 cm³/mol. The Morgan fingerprint density at radius 2 is 1.92 bits per heavy atom. The van der Waals surface area contributed by atoms with Gasteiger partial charge in [-0.3, -0.25) is 4.79 Å². The first-order valence-corrected chi connectivity index (χ1v) is 4.41. The lowest BCUT2D eigenvalue weighted by molar-refractivity contribution is -0.187. The van der Waals surface area contributed by atoms with E-state index in [0.717, 1.165) is 25.9 Å². The molecule has 0 aromatic heterocycles. The van der Waals surface area contributed by atoms with Gasteiger partial charge in [0.1, 0.15) is 0 Å². The van der Waals surface area contributed by atoms with Crippen LogP contribution in [0.3, 0.4) is 0 Å². The molecule has 1 saturated carbocycles. The third-order valence-corrected chi connectivity index (χ3v) is 3.01. The lowest BCUT2D eigenvalue weighted by Crippen LogP contribution is -2.67. The minimum absolute atomic E-state index is 0.159. The first-order valence-electron chi connectivity index (χ1n) is 4.41. The van der Waals surface area contributed by atoms with E-state index in [-0.39, 0.29) is 11.3 Å². The van der Waals surface area contributed by atoms with E-state index in [0.29, 0.717) is 0 Å². The fourth-order valence-corrected chi connectivity index (χ4v) is 2.77. The van der Waals surface area contributed by atoms with Crippen LogP contribution in [0, 0.1) is 5.41 Å². The van der Waals surface area contributed by atoms with E-state index in [2.05, 4.69) is 0 Å². The van der Waals surface area contributed by atoms with Crippen LogP contribution in [-0.2, 0) is 4.79 Å². The minimum Gasteiger partial charge on any atom is -0.390 e. The standard InChI is InChI=1S/C9H15NO2/c1-7(11)10-5-9(6-10)3-8(2,12)4-9/h12H,3-6H2,1-2H3. The van der Waals surface area contributed by atoms with Gasteiger partial charge in [-0.25, -0.2) is 0 Å². The number of carbonyl (C=O) groups is 1. The van der Waals surface area contributed by atoms with Crippen LogP contribution in [0.4, 0.5) is 0 Å². The van der Waals surface area contributed by atoms with Crippen LogP contribution in [0.2, 0.25) is 0 Å². The largest absolute Gasteiger partial charge is 0.390 e. The van der Waals surface area contributed by atoms with Gasteiger partial charge < -0.3 is 10.0 Å². The van der Waals surface area contributed by atoms with Crippen LogP contribution in [0.25, 0.3) is 0 Å². The molecule has 68 valence electrons. The van der Waals surface area contributed by atoms with E-state index < -0.39 is 5.60 Å². The molecule has 3 nitrogen and oxygen atoms in total. The number of hydrogen-bond acceptors (Lipinski definition) is 2. The second-order valence-corrected chi connectivity index (χ2v) is 4.73. The van der Waals surface area contributed by atoms with Crippen molar-refractivity contribution >= 4 is 5.91 Å². The molecule has 0 radical (unpaired) electrons. The highest BCUT2D eigenvalue weighted by molar-refractivity contribution is 5.74. The van der Waals surface area contributed by atoms with Crippen LogP contribution in [0.15, 0.2) is 0 Å². The molecule has 0 aromatic rings. The minimum atomic E-state index is -0.455. The first kappa shape index (κ1) is 8.05. The van der Waals surface area contributed by atoms with Crippen molar-refractivity contribution in [2.75, 3.05) is 13.1 Å². The molecule has 0 aromatic carbocycles. The summed E-state index contributed by atoms with van der Waals surface area (Å²) >= 11 is 0. The molecule has 3 heteroatoms. The van der Waals surface area contributed by atoms with Crippen molar-refractivity contribution in [2.24, 2.45) is 5.41 Å². The molecule has 2 rings (SSSR count). The number of nitrogens with zero attached hydrogens (tertiary/aromatic N) is 1. The number of likely N-dealkylation sites (tertiary alicyclic amines) is 1. The van der Waals surface area contributed by atoms with Gasteiger partial charge in [-0.1, -0.05) is 0 Å². The van der Waals surface area contributed by atoms with Gasteiger partial charge in [0.15, 0.2) is 0 Å². The van der Waals surface area contributed by atoms with Gasteiger partial charge >= 0.3 is 0 Å². The summed E-state index contributed by atoms with van der Waals surface area (Å²) in [4.78, 5) is 12.7. The van der Waals surface area contributed by atoms with Crippen LogP contribution < -0.4 is 0 Å². The third-order valence-electron chi connectivity index (χ3n) is 3.01. The lowest BCUT2D eigenvalue weighted by Gasteiger charge is -2.61. The maximum Gasteiger partial charge on any atom is 0.219 e. The third kappa shape index (κ3) is 1.04. The van der Waals surface area contributed by atoms with Crippen molar-refractivity contribution in [3.63, 3.8) is 0 Å². The van der Waals surface area contributed by atoms with E-state index in [1.807, 2.05) is 11.8 Å². The Bertz CT molecular complexity index is 219. The number of rotatable bonds is 0. The number of aliphatic hydroxyl groups is 1. The maximum atomic E-state index is 10.9. The Kier molecular flexibility index (Phi) is 1.35. The van der Waals surface area contributed by atoms with Crippen molar-refractivity contribution < 1.29 is 9.90 Å². The Morgan fingerprint density at radius 3 is 2.25 bits per heavy atom. The molecule has 0 unspecified atom stereocenters. The zero-order chi connectivity index (χ0) is 8.98. The van der Waals surface area contributed by atoms with Gasteiger partial charge in [0, 0.05) is 25.4 Å². The molecule has 1 N–H and O–H groups in total. The molecule has 2 fully saturated rings. The molecule has 12 heavy (non-hydrogen) atoms. The fraction of sp³-hybridized carbons (Fsp3) is 0.889. The second kappa shape index (κ2) is 2.02. The van der Waals surface area contributed by atoms with E-state index in [4.69, 9.17) is 0 Å². The van der Waals surface area contributed by atoms with E-state index >= 15 is 0 Å². The van der Waals surface area contributed by atoms with Crippen LogP contribution >= 0.6 is 0 Å². The Labute approximate surface area is 72.4 Å². The average Bonchev–Trinajstić information content (AvgIpc) is 1.75. The quantitative estimate of drug-likeness (QED) is 0.569. The normalized spacial score (nSPS) is 29.4. The predicted octanol–water partition coefficient (Wildman–Crippen LogP) is 0.380. The number of hydrogen-bond donors (Lipinski definition) is 1. The summed E-state index contributed by atoms with van der Waals surface area (Å²) in [5, 5.41) is 9.54. The summed E-state index contributed by atoms with van der Waals surface area (Å²) in [7, 11) is 0. The molecule has 1 aliphatic heterocycles. The molecule has 1 heterocycles. The molecule has 0 bridgehead atoms. The molecule has 0 atom stereocenters. The highest BCUT2D eigenvalue weighted by Gasteiger charge is 2.57. The Balaban J connectivity index is 1.87. The van der Waals surface area contributed by atoms with Crippen LogP contribution in [0.1, 0.15) is 26.7 Å². The average molecular weight is 169 g/mol. The van der Waals surface area contributed by atoms with Crippen LogP contribution in [0.5, 0.6) is 0 Å². The van der Waals surface area contributed by atoms with Gasteiger partial charge in [-0.05, 0) is 19.8 Å². The summed E-state index contributed by atoms with van der Waals surface area (Å²) in [5.74, 6) is 0.159. The number of carbonyl (C=O) groups excluding carboxylic acids is 1. The van der Waals surface area contributed by atoms with Gasteiger partial charge in [-0.15, -0.1) is 0 Å². The zero-order valence-corrected chi connectivity index (χ0v) is 7.63. The molecule has 1 aliphatic carbocycles. The molecule has 1 amide bonds. The topological polar surface area (TPSA) is 40.5 Å². The molecular formula is C9H15NO2. The second-order valence-electron chi connectivity index (χ2n) is 4.73. The van der Waals surface area contributed by atoms with Gasteiger partial charge in [0.05, 0.1) is 5.60 Å².